The van der Waals surface area contributed by atoms with Crippen molar-refractivity contribution >= 4 is 28.7 Å². The molecule has 1 fully saturated rings. The highest BCUT2D eigenvalue weighted by atomic mass is 32.2. The summed E-state index contributed by atoms with van der Waals surface area (Å²) in [7, 11) is 0. The van der Waals surface area contributed by atoms with E-state index in [4.69, 9.17) is 0 Å². The molecule has 100 valence electrons. The molecule has 1 aromatic carbocycles. The van der Waals surface area contributed by atoms with Crippen LogP contribution < -0.4 is 0 Å². The van der Waals surface area contributed by atoms with Crippen molar-refractivity contribution in [1.82, 2.24) is 4.90 Å². The molecule has 0 aliphatic carbocycles. The maximum Gasteiger partial charge on any atom is 0.288 e. The van der Waals surface area contributed by atoms with E-state index in [1.54, 1.807) is 0 Å². The van der Waals surface area contributed by atoms with Crippen molar-refractivity contribution in [2.24, 2.45) is 0 Å². The van der Waals surface area contributed by atoms with Gasteiger partial charge < -0.3 is 0 Å². The van der Waals surface area contributed by atoms with Crippen LogP contribution in [-0.2, 0) is 16.0 Å². The van der Waals surface area contributed by atoms with E-state index in [0.717, 1.165) is 16.7 Å². The fraction of sp³-hybridized carbons (Fsp3) is 0.308. The Kier molecular flexibility index (Phi) is 4.31. The van der Waals surface area contributed by atoms with Crippen molar-refractivity contribution in [2.45, 2.75) is 12.8 Å². The Morgan fingerprint density at radius 2 is 1.95 bits per heavy atom. The van der Waals surface area contributed by atoms with Crippen LogP contribution in [0.15, 0.2) is 24.3 Å². The first-order valence-corrected chi connectivity index (χ1v) is 6.78. The lowest BCUT2D eigenvalue weighted by Gasteiger charge is -2.23. The zero-order chi connectivity index (χ0) is 13.8. The van der Waals surface area contributed by atoms with Gasteiger partial charge in [0.15, 0.2) is 5.78 Å². The SMILES string of the molecule is O=C(Cc1ccc(F)cc1)CN1C(=O)CCSC1=O. The Morgan fingerprint density at radius 1 is 1.26 bits per heavy atom. The second kappa shape index (κ2) is 5.97. The lowest BCUT2D eigenvalue weighted by atomic mass is 10.1. The van der Waals surface area contributed by atoms with E-state index in [-0.39, 0.29) is 42.1 Å². The molecule has 19 heavy (non-hydrogen) atoms. The zero-order valence-corrected chi connectivity index (χ0v) is 10.9. The molecule has 0 N–H and O–H groups in total. The van der Waals surface area contributed by atoms with E-state index in [1.807, 2.05) is 0 Å². The van der Waals surface area contributed by atoms with Crippen LogP contribution in [-0.4, -0.2) is 34.1 Å². The van der Waals surface area contributed by atoms with Gasteiger partial charge in [-0.15, -0.1) is 0 Å². The van der Waals surface area contributed by atoms with Crippen molar-refractivity contribution in [3.8, 4) is 0 Å². The molecule has 0 radical (unpaired) electrons. The summed E-state index contributed by atoms with van der Waals surface area (Å²) in [5.41, 5.74) is 0.663. The molecule has 0 bridgehead atoms. The first-order chi connectivity index (χ1) is 9.06. The molecule has 1 aliphatic rings. The van der Waals surface area contributed by atoms with E-state index < -0.39 is 0 Å². The first-order valence-electron chi connectivity index (χ1n) is 5.79. The molecule has 6 heteroatoms. The second-order valence-corrected chi connectivity index (χ2v) is 5.23. The summed E-state index contributed by atoms with van der Waals surface area (Å²) in [5.74, 6) is -0.443. The molecule has 0 saturated carbocycles. The molecule has 1 heterocycles. The van der Waals surface area contributed by atoms with Crippen LogP contribution in [0.4, 0.5) is 9.18 Å². The number of benzene rings is 1. The Bertz CT molecular complexity index is 499. The lowest BCUT2D eigenvalue weighted by Crippen LogP contribution is -2.41. The topological polar surface area (TPSA) is 54.5 Å². The van der Waals surface area contributed by atoms with Crippen molar-refractivity contribution in [3.05, 3.63) is 35.6 Å². The number of Topliss-reactive ketones (excluding diaryl/α,β-unsaturated/α-hetero) is 1. The summed E-state index contributed by atoms with van der Waals surface area (Å²) < 4.78 is 12.7. The number of halogens is 1. The molecule has 0 unspecified atom stereocenters. The molecule has 4 nitrogen and oxygen atoms in total. The molecule has 1 aliphatic heterocycles. The van der Waals surface area contributed by atoms with Crippen molar-refractivity contribution in [1.29, 1.82) is 0 Å². The standard InChI is InChI=1S/C13H12FNO3S/c14-10-3-1-9(2-4-10)7-11(16)8-15-12(17)5-6-19-13(15)18/h1-4H,5-8H2. The molecule has 1 aromatic rings. The Hall–Kier alpha value is -1.69. The molecular formula is C13H12FNO3S. The average molecular weight is 281 g/mol. The number of amides is 2. The summed E-state index contributed by atoms with van der Waals surface area (Å²) in [5, 5.41) is -0.372. The van der Waals surface area contributed by atoms with Crippen LogP contribution in [0.2, 0.25) is 0 Å². The molecular weight excluding hydrogens is 269 g/mol. The van der Waals surface area contributed by atoms with Crippen molar-refractivity contribution < 1.29 is 18.8 Å². The van der Waals surface area contributed by atoms with Gasteiger partial charge in [0.1, 0.15) is 5.82 Å². The summed E-state index contributed by atoms with van der Waals surface area (Å²) in [6.45, 7) is -0.206. The van der Waals surface area contributed by atoms with Crippen LogP contribution in [0.25, 0.3) is 0 Å². The fourth-order valence-electron chi connectivity index (χ4n) is 1.76. The van der Waals surface area contributed by atoms with Crippen LogP contribution in [0.1, 0.15) is 12.0 Å². The highest BCUT2D eigenvalue weighted by molar-refractivity contribution is 8.13. The number of imide groups is 1. The Morgan fingerprint density at radius 3 is 2.58 bits per heavy atom. The number of hydrogen-bond donors (Lipinski definition) is 0. The smallest absolute Gasteiger partial charge is 0.288 e. The summed E-state index contributed by atoms with van der Waals surface area (Å²) in [4.78, 5) is 35.8. The summed E-state index contributed by atoms with van der Waals surface area (Å²) >= 11 is 1.04. The van der Waals surface area contributed by atoms with Gasteiger partial charge in [-0.25, -0.2) is 4.39 Å². The number of nitrogens with zero attached hydrogens (tertiary/aromatic N) is 1. The predicted molar refractivity (Wildman–Crippen MR) is 69.3 cm³/mol. The normalized spacial score (nSPS) is 15.7. The number of carbonyl (C=O) groups excluding carboxylic acids is 3. The third kappa shape index (κ3) is 3.64. The highest BCUT2D eigenvalue weighted by Gasteiger charge is 2.28. The van der Waals surface area contributed by atoms with E-state index in [0.29, 0.717) is 11.3 Å². The van der Waals surface area contributed by atoms with E-state index in [9.17, 15) is 18.8 Å². The Labute approximate surface area is 114 Å². The number of rotatable bonds is 4. The second-order valence-electron chi connectivity index (χ2n) is 4.19. The monoisotopic (exact) mass is 281 g/mol. The van der Waals surface area contributed by atoms with Gasteiger partial charge in [-0.3, -0.25) is 19.3 Å². The van der Waals surface area contributed by atoms with E-state index in [2.05, 4.69) is 0 Å². The quantitative estimate of drug-likeness (QED) is 0.847. The van der Waals surface area contributed by atoms with Crippen LogP contribution in [0.5, 0.6) is 0 Å². The lowest BCUT2D eigenvalue weighted by molar-refractivity contribution is -0.131. The third-order valence-electron chi connectivity index (χ3n) is 2.71. The first kappa shape index (κ1) is 13.7. The Balaban J connectivity index is 1.95. The molecule has 0 aromatic heterocycles. The van der Waals surface area contributed by atoms with Crippen LogP contribution >= 0.6 is 11.8 Å². The minimum absolute atomic E-state index is 0.0853. The van der Waals surface area contributed by atoms with Crippen molar-refractivity contribution in [2.75, 3.05) is 12.3 Å². The van der Waals surface area contributed by atoms with Crippen LogP contribution in [0, 0.1) is 5.82 Å². The number of carbonyl (C=O) groups is 3. The zero-order valence-electron chi connectivity index (χ0n) is 10.1. The molecule has 0 spiro atoms. The summed E-state index contributed by atoms with van der Waals surface area (Å²) in [6, 6.07) is 5.58. The third-order valence-corrected chi connectivity index (χ3v) is 3.59. The van der Waals surface area contributed by atoms with E-state index >= 15 is 0 Å². The van der Waals surface area contributed by atoms with Gasteiger partial charge >= 0.3 is 0 Å². The van der Waals surface area contributed by atoms with Gasteiger partial charge in [0.2, 0.25) is 5.91 Å². The van der Waals surface area contributed by atoms with Crippen LogP contribution in [0.3, 0.4) is 0 Å². The fourth-order valence-corrected chi connectivity index (χ4v) is 2.53. The minimum atomic E-state index is -0.372. The van der Waals surface area contributed by atoms with Gasteiger partial charge in [0, 0.05) is 18.6 Å². The molecule has 1 saturated heterocycles. The van der Waals surface area contributed by atoms with E-state index in [1.165, 1.54) is 24.3 Å². The highest BCUT2D eigenvalue weighted by Crippen LogP contribution is 2.18. The molecule has 2 rings (SSSR count). The maximum absolute atomic E-state index is 12.7. The minimum Gasteiger partial charge on any atom is -0.297 e. The van der Waals surface area contributed by atoms with Gasteiger partial charge in [-0.05, 0) is 17.7 Å². The number of thioether (sulfide) groups is 1. The maximum atomic E-state index is 12.7. The predicted octanol–water partition coefficient (Wildman–Crippen LogP) is 2.02. The molecule has 2 amide bonds. The average Bonchev–Trinajstić information content (AvgIpc) is 2.37. The van der Waals surface area contributed by atoms with Gasteiger partial charge in [-0.1, -0.05) is 23.9 Å². The van der Waals surface area contributed by atoms with Gasteiger partial charge in [-0.2, -0.15) is 0 Å². The van der Waals surface area contributed by atoms with Gasteiger partial charge in [0.25, 0.3) is 5.24 Å². The van der Waals surface area contributed by atoms with Gasteiger partial charge in [0.05, 0.1) is 6.54 Å². The number of ketones is 1. The largest absolute Gasteiger partial charge is 0.297 e. The molecule has 0 atom stereocenters. The summed E-state index contributed by atoms with van der Waals surface area (Å²) in [6.07, 6.45) is 0.363. The number of hydrogen-bond acceptors (Lipinski definition) is 4. The van der Waals surface area contributed by atoms with Crippen molar-refractivity contribution in [3.63, 3.8) is 0 Å².